The van der Waals surface area contributed by atoms with Crippen LogP contribution in [-0.4, -0.2) is 50.0 Å². The summed E-state index contributed by atoms with van der Waals surface area (Å²) in [6.45, 7) is -0.551. The Labute approximate surface area is 240 Å². The summed E-state index contributed by atoms with van der Waals surface area (Å²) < 4.78 is 40.4. The van der Waals surface area contributed by atoms with E-state index in [2.05, 4.69) is 5.32 Å². The molecule has 0 aromatic heterocycles. The third-order valence-electron chi connectivity index (χ3n) is 7.01. The SMILES string of the molecule is CS(=O)(=O)N(CC(=O)N(Cc1ccc(Cl)cc1)C(Cc1ccccc1)C(=O)NC1CCCC1)c1cccc(F)c1. The number of carbonyl (C=O) groups is 2. The highest BCUT2D eigenvalue weighted by Crippen LogP contribution is 2.23. The number of amides is 2. The minimum atomic E-state index is -3.96. The standard InChI is InChI=1S/C30H33ClFN3O4S/c1-40(38,39)35(27-13-7-10-25(32)19-27)21-29(36)34(20-23-14-16-24(31)17-15-23)28(18-22-8-3-2-4-9-22)30(37)33-26-11-5-6-12-26/h2-4,7-10,13-17,19,26,28H,5-6,11-12,18,20-21H2,1H3,(H,33,37). The lowest BCUT2D eigenvalue weighted by Gasteiger charge is -2.34. The maximum Gasteiger partial charge on any atom is 0.244 e. The van der Waals surface area contributed by atoms with Crippen molar-refractivity contribution in [3.8, 4) is 0 Å². The van der Waals surface area contributed by atoms with E-state index in [9.17, 15) is 22.4 Å². The van der Waals surface area contributed by atoms with Crippen LogP contribution in [0.3, 0.4) is 0 Å². The predicted octanol–water partition coefficient (Wildman–Crippen LogP) is 4.94. The summed E-state index contributed by atoms with van der Waals surface area (Å²) in [5, 5.41) is 3.64. The molecule has 1 N–H and O–H groups in total. The first-order valence-corrected chi connectivity index (χ1v) is 15.4. The molecule has 4 rings (SSSR count). The topological polar surface area (TPSA) is 86.8 Å². The van der Waals surface area contributed by atoms with Gasteiger partial charge in [0, 0.05) is 24.0 Å². The van der Waals surface area contributed by atoms with Crippen LogP contribution in [0.15, 0.2) is 78.9 Å². The summed E-state index contributed by atoms with van der Waals surface area (Å²) in [6, 6.07) is 20.5. The summed E-state index contributed by atoms with van der Waals surface area (Å²) in [5.41, 5.74) is 1.60. The van der Waals surface area contributed by atoms with Crippen LogP contribution in [-0.2, 0) is 32.6 Å². The molecular weight excluding hydrogens is 553 g/mol. The van der Waals surface area contributed by atoms with Crippen LogP contribution in [0.2, 0.25) is 5.02 Å². The predicted molar refractivity (Wildman–Crippen MR) is 155 cm³/mol. The van der Waals surface area contributed by atoms with Gasteiger partial charge in [0.05, 0.1) is 11.9 Å². The van der Waals surface area contributed by atoms with Crippen molar-refractivity contribution in [3.05, 3.63) is 101 Å². The van der Waals surface area contributed by atoms with Crippen molar-refractivity contribution in [2.24, 2.45) is 0 Å². The Balaban J connectivity index is 1.72. The Kier molecular flexibility index (Phi) is 9.81. The average molecular weight is 586 g/mol. The Morgan fingerprint density at radius 1 is 0.975 bits per heavy atom. The summed E-state index contributed by atoms with van der Waals surface area (Å²) in [4.78, 5) is 29.2. The Morgan fingerprint density at radius 3 is 2.27 bits per heavy atom. The molecule has 212 valence electrons. The van der Waals surface area contributed by atoms with Crippen molar-refractivity contribution in [3.63, 3.8) is 0 Å². The molecule has 1 aliphatic carbocycles. The number of halogens is 2. The number of sulfonamides is 1. The molecule has 40 heavy (non-hydrogen) atoms. The fraction of sp³-hybridized carbons (Fsp3) is 0.333. The summed E-state index contributed by atoms with van der Waals surface area (Å²) in [6.07, 6.45) is 4.99. The average Bonchev–Trinajstić information content (AvgIpc) is 3.43. The van der Waals surface area contributed by atoms with E-state index in [1.807, 2.05) is 30.3 Å². The number of hydrogen-bond donors (Lipinski definition) is 1. The second-order valence-electron chi connectivity index (χ2n) is 10.1. The Morgan fingerprint density at radius 2 is 1.65 bits per heavy atom. The highest BCUT2D eigenvalue weighted by molar-refractivity contribution is 7.92. The maximum atomic E-state index is 14.0. The van der Waals surface area contributed by atoms with Crippen LogP contribution in [0.5, 0.6) is 0 Å². The zero-order valence-electron chi connectivity index (χ0n) is 22.3. The molecule has 3 aromatic carbocycles. The van der Waals surface area contributed by atoms with Gasteiger partial charge in [0.15, 0.2) is 0 Å². The van der Waals surface area contributed by atoms with Gasteiger partial charge in [-0.15, -0.1) is 0 Å². The maximum absolute atomic E-state index is 14.0. The van der Waals surface area contributed by atoms with Crippen LogP contribution < -0.4 is 9.62 Å². The van der Waals surface area contributed by atoms with Gasteiger partial charge in [-0.1, -0.05) is 73.0 Å². The molecule has 0 saturated heterocycles. The molecule has 2 amide bonds. The Bertz CT molecular complexity index is 1410. The van der Waals surface area contributed by atoms with Crippen molar-refractivity contribution in [1.29, 1.82) is 0 Å². The molecule has 1 saturated carbocycles. The van der Waals surface area contributed by atoms with E-state index in [4.69, 9.17) is 11.6 Å². The molecule has 3 aromatic rings. The van der Waals surface area contributed by atoms with Crippen molar-refractivity contribution >= 4 is 39.1 Å². The first-order chi connectivity index (χ1) is 19.1. The van der Waals surface area contributed by atoms with Gasteiger partial charge in [-0.25, -0.2) is 12.8 Å². The second-order valence-corrected chi connectivity index (χ2v) is 12.4. The first-order valence-electron chi connectivity index (χ1n) is 13.2. The molecular formula is C30H33ClFN3O4S. The lowest BCUT2D eigenvalue weighted by atomic mass is 10.0. The largest absolute Gasteiger partial charge is 0.352 e. The number of rotatable bonds is 11. The Hall–Kier alpha value is -3.43. The molecule has 1 aliphatic rings. The molecule has 0 bridgehead atoms. The van der Waals surface area contributed by atoms with Crippen molar-refractivity contribution in [2.45, 2.75) is 50.7 Å². The molecule has 7 nitrogen and oxygen atoms in total. The summed E-state index contributed by atoms with van der Waals surface area (Å²) in [7, 11) is -3.96. The highest BCUT2D eigenvalue weighted by Gasteiger charge is 2.34. The molecule has 1 fully saturated rings. The number of carbonyl (C=O) groups excluding carboxylic acids is 2. The summed E-state index contributed by atoms with van der Waals surface area (Å²) >= 11 is 6.08. The van der Waals surface area contributed by atoms with E-state index >= 15 is 0 Å². The first kappa shape index (κ1) is 29.6. The van der Waals surface area contributed by atoms with Gasteiger partial charge < -0.3 is 10.2 Å². The number of nitrogens with zero attached hydrogens (tertiary/aromatic N) is 2. The molecule has 0 aliphatic heterocycles. The monoisotopic (exact) mass is 585 g/mol. The number of anilines is 1. The molecule has 0 heterocycles. The normalized spacial score (nSPS) is 14.5. The number of hydrogen-bond acceptors (Lipinski definition) is 4. The van der Waals surface area contributed by atoms with Crippen LogP contribution in [0.4, 0.5) is 10.1 Å². The zero-order chi connectivity index (χ0) is 28.7. The highest BCUT2D eigenvalue weighted by atomic mass is 35.5. The zero-order valence-corrected chi connectivity index (χ0v) is 23.9. The van der Waals surface area contributed by atoms with Crippen LogP contribution in [0.25, 0.3) is 0 Å². The minimum absolute atomic E-state index is 0.0253. The third kappa shape index (κ3) is 8.05. The second kappa shape index (κ2) is 13.3. The number of benzene rings is 3. The number of nitrogens with one attached hydrogen (secondary N) is 1. The van der Waals surface area contributed by atoms with E-state index < -0.39 is 34.3 Å². The van der Waals surface area contributed by atoms with Gasteiger partial charge in [-0.2, -0.15) is 0 Å². The van der Waals surface area contributed by atoms with Gasteiger partial charge in [0.25, 0.3) is 0 Å². The molecule has 1 unspecified atom stereocenters. The smallest absolute Gasteiger partial charge is 0.244 e. The molecule has 10 heteroatoms. The molecule has 1 atom stereocenters. The molecule has 0 radical (unpaired) electrons. The van der Waals surface area contributed by atoms with Crippen molar-refractivity contribution in [1.82, 2.24) is 10.2 Å². The lowest BCUT2D eigenvalue weighted by Crippen LogP contribution is -2.54. The lowest BCUT2D eigenvalue weighted by molar-refractivity contribution is -0.140. The van der Waals surface area contributed by atoms with E-state index in [1.54, 1.807) is 24.3 Å². The fourth-order valence-corrected chi connectivity index (χ4v) is 5.92. The minimum Gasteiger partial charge on any atom is -0.352 e. The summed E-state index contributed by atoms with van der Waals surface area (Å²) in [5.74, 6) is -1.52. The van der Waals surface area contributed by atoms with Crippen molar-refractivity contribution in [2.75, 3.05) is 17.1 Å². The van der Waals surface area contributed by atoms with E-state index in [0.717, 1.165) is 53.4 Å². The van der Waals surface area contributed by atoms with E-state index in [1.165, 1.54) is 23.1 Å². The quantitative estimate of drug-likeness (QED) is 0.345. The van der Waals surface area contributed by atoms with Crippen LogP contribution in [0, 0.1) is 5.82 Å². The van der Waals surface area contributed by atoms with Crippen molar-refractivity contribution < 1.29 is 22.4 Å². The molecule has 0 spiro atoms. The van der Waals surface area contributed by atoms with Gasteiger partial charge >= 0.3 is 0 Å². The van der Waals surface area contributed by atoms with Crippen LogP contribution in [0.1, 0.15) is 36.8 Å². The third-order valence-corrected chi connectivity index (χ3v) is 8.41. The fourth-order valence-electron chi connectivity index (χ4n) is 4.95. The van der Waals surface area contributed by atoms with Crippen LogP contribution >= 0.6 is 11.6 Å². The van der Waals surface area contributed by atoms with Gasteiger partial charge in [-0.3, -0.25) is 13.9 Å². The van der Waals surface area contributed by atoms with E-state index in [0.29, 0.717) is 5.02 Å². The van der Waals surface area contributed by atoms with Gasteiger partial charge in [0.1, 0.15) is 18.4 Å². The van der Waals surface area contributed by atoms with Gasteiger partial charge in [0.2, 0.25) is 21.8 Å². The van der Waals surface area contributed by atoms with E-state index in [-0.39, 0.29) is 30.6 Å². The van der Waals surface area contributed by atoms with Gasteiger partial charge in [-0.05, 0) is 54.3 Å².